The molecule has 0 saturated heterocycles. The van der Waals surface area contributed by atoms with Gasteiger partial charge in [0.2, 0.25) is 0 Å². The van der Waals surface area contributed by atoms with Crippen LogP contribution in [0.4, 0.5) is 11.5 Å². The molecule has 264 valence electrons. The molecule has 0 unspecified atom stereocenters. The standard InChI is InChI=1S/C38H47N7O5/c46-45(47)34-13-14-38(41-29-34)44-20-19-42-17-15-39-27-31-7-1-4-10-35(31)48-24-21-43(23-26-50-37-12-6-3-9-33(37)30-44)22-25-49-36-11-5-2-8-32(36)28-40-16-18-42/h1-14,29,39-40H,15-28,30H2. The van der Waals surface area contributed by atoms with Crippen molar-refractivity contribution < 1.29 is 19.1 Å². The largest absolute Gasteiger partial charge is 0.492 e. The van der Waals surface area contributed by atoms with Crippen molar-refractivity contribution in [2.75, 3.05) is 83.6 Å². The van der Waals surface area contributed by atoms with E-state index in [9.17, 15) is 10.1 Å². The Morgan fingerprint density at radius 3 is 1.62 bits per heavy atom. The number of rotatable bonds is 2. The topological polar surface area (TPSA) is 118 Å². The average molecular weight is 682 g/mol. The first-order valence-electron chi connectivity index (χ1n) is 17.5. The second kappa shape index (κ2) is 18.3. The summed E-state index contributed by atoms with van der Waals surface area (Å²) in [6.45, 7) is 10.3. The van der Waals surface area contributed by atoms with E-state index < -0.39 is 4.92 Å². The van der Waals surface area contributed by atoms with Crippen LogP contribution in [-0.2, 0) is 19.6 Å². The predicted octanol–water partition coefficient (Wildman–Crippen LogP) is 4.34. The van der Waals surface area contributed by atoms with E-state index in [1.54, 1.807) is 6.07 Å². The van der Waals surface area contributed by atoms with E-state index in [0.29, 0.717) is 71.5 Å². The molecule has 3 aliphatic heterocycles. The van der Waals surface area contributed by atoms with E-state index in [1.165, 1.54) is 12.3 Å². The summed E-state index contributed by atoms with van der Waals surface area (Å²) >= 11 is 0. The third kappa shape index (κ3) is 10.1. The predicted molar refractivity (Wildman–Crippen MR) is 194 cm³/mol. The van der Waals surface area contributed by atoms with Gasteiger partial charge in [-0.15, -0.1) is 0 Å². The van der Waals surface area contributed by atoms with Gasteiger partial charge >= 0.3 is 0 Å². The van der Waals surface area contributed by atoms with Crippen molar-refractivity contribution in [2.24, 2.45) is 0 Å². The normalized spacial score (nSPS) is 20.0. The molecule has 7 rings (SSSR count). The van der Waals surface area contributed by atoms with E-state index in [2.05, 4.69) is 60.6 Å². The van der Waals surface area contributed by atoms with E-state index in [-0.39, 0.29) is 5.69 Å². The first-order chi connectivity index (χ1) is 24.6. The Kier molecular flexibility index (Phi) is 12.8. The molecule has 0 fully saturated rings. The van der Waals surface area contributed by atoms with Gasteiger partial charge in [-0.1, -0.05) is 54.6 Å². The highest BCUT2D eigenvalue weighted by molar-refractivity contribution is 5.45. The summed E-state index contributed by atoms with van der Waals surface area (Å²) in [4.78, 5) is 22.5. The lowest BCUT2D eigenvalue weighted by Gasteiger charge is -2.30. The van der Waals surface area contributed by atoms with Crippen LogP contribution in [0.2, 0.25) is 0 Å². The molecule has 2 bridgehead atoms. The molecule has 0 spiro atoms. The van der Waals surface area contributed by atoms with Crippen LogP contribution in [0.5, 0.6) is 17.2 Å². The van der Waals surface area contributed by atoms with Crippen LogP contribution < -0.4 is 29.7 Å². The van der Waals surface area contributed by atoms with Gasteiger partial charge in [0, 0.05) is 101 Å². The number of nitro groups is 1. The second-order valence-electron chi connectivity index (χ2n) is 12.5. The maximum absolute atomic E-state index is 11.4. The van der Waals surface area contributed by atoms with Crippen LogP contribution >= 0.6 is 0 Å². The maximum Gasteiger partial charge on any atom is 0.287 e. The summed E-state index contributed by atoms with van der Waals surface area (Å²) in [5.74, 6) is 3.28. The summed E-state index contributed by atoms with van der Waals surface area (Å²) in [7, 11) is 0. The highest BCUT2D eigenvalue weighted by Gasteiger charge is 2.18. The van der Waals surface area contributed by atoms with Crippen molar-refractivity contribution in [3.63, 3.8) is 0 Å². The molecule has 50 heavy (non-hydrogen) atoms. The zero-order chi connectivity index (χ0) is 34.4. The molecule has 0 amide bonds. The minimum atomic E-state index is -0.414. The number of para-hydroxylation sites is 3. The Bertz CT molecular complexity index is 1600. The van der Waals surface area contributed by atoms with Gasteiger partial charge in [0.25, 0.3) is 5.69 Å². The maximum atomic E-state index is 11.4. The lowest BCUT2D eigenvalue weighted by atomic mass is 10.2. The number of nitrogens with one attached hydrogen (secondary N) is 2. The molecule has 3 aromatic carbocycles. The molecule has 4 heterocycles. The van der Waals surface area contributed by atoms with Crippen LogP contribution in [0, 0.1) is 10.1 Å². The number of ether oxygens (including phenoxy) is 3. The van der Waals surface area contributed by atoms with Crippen molar-refractivity contribution in [1.82, 2.24) is 25.4 Å². The summed E-state index contributed by atoms with van der Waals surface area (Å²) in [6, 6.07) is 27.8. The lowest BCUT2D eigenvalue weighted by Crippen LogP contribution is -2.41. The zero-order valence-corrected chi connectivity index (χ0v) is 28.5. The Labute approximate surface area is 294 Å². The minimum absolute atomic E-state index is 0.0268. The van der Waals surface area contributed by atoms with E-state index in [4.69, 9.17) is 14.2 Å². The average Bonchev–Trinajstić information content (AvgIpc) is 3.13. The molecule has 2 N–H and O–H groups in total. The van der Waals surface area contributed by atoms with Gasteiger partial charge in [-0.2, -0.15) is 0 Å². The minimum Gasteiger partial charge on any atom is -0.492 e. The Hall–Kier alpha value is -4.75. The van der Waals surface area contributed by atoms with E-state index in [1.807, 2.05) is 42.5 Å². The van der Waals surface area contributed by atoms with E-state index >= 15 is 0 Å². The van der Waals surface area contributed by atoms with Crippen molar-refractivity contribution >= 4 is 11.5 Å². The fourth-order valence-electron chi connectivity index (χ4n) is 6.22. The lowest BCUT2D eigenvalue weighted by molar-refractivity contribution is -0.385. The number of nitrogens with zero attached hydrogens (tertiary/aromatic N) is 5. The van der Waals surface area contributed by atoms with Crippen LogP contribution in [0.3, 0.4) is 0 Å². The van der Waals surface area contributed by atoms with Crippen LogP contribution in [0.1, 0.15) is 16.7 Å². The van der Waals surface area contributed by atoms with Gasteiger partial charge in [-0.25, -0.2) is 4.98 Å². The highest BCUT2D eigenvalue weighted by Crippen LogP contribution is 2.24. The van der Waals surface area contributed by atoms with Crippen molar-refractivity contribution in [3.05, 3.63) is 118 Å². The zero-order valence-electron chi connectivity index (χ0n) is 28.5. The molecule has 0 radical (unpaired) electrons. The van der Waals surface area contributed by atoms with Crippen LogP contribution in [0.25, 0.3) is 0 Å². The number of benzene rings is 3. The summed E-state index contributed by atoms with van der Waals surface area (Å²) in [6.07, 6.45) is 1.34. The number of anilines is 1. The molecule has 3 aliphatic rings. The summed E-state index contributed by atoms with van der Waals surface area (Å²) in [5.41, 5.74) is 3.26. The molecule has 12 heteroatoms. The van der Waals surface area contributed by atoms with Crippen LogP contribution in [0.15, 0.2) is 91.1 Å². The summed E-state index contributed by atoms with van der Waals surface area (Å²) < 4.78 is 19.2. The van der Waals surface area contributed by atoms with Gasteiger partial charge in [-0.3, -0.25) is 19.9 Å². The number of aromatic nitrogens is 1. The molecular weight excluding hydrogens is 634 g/mol. The van der Waals surface area contributed by atoms with Gasteiger partial charge in [-0.05, 0) is 24.3 Å². The number of fused-ring (bicyclic) bond motifs is 15. The SMILES string of the molecule is O=[N+]([O-])c1ccc(N2CCN3CCNCc4ccccc4OCCN(CCOc4ccccc4CNCC3)CCOc3ccccc3C2)nc1. The summed E-state index contributed by atoms with van der Waals surface area (Å²) in [5, 5.41) is 18.7. The first kappa shape index (κ1) is 35.1. The monoisotopic (exact) mass is 681 g/mol. The highest BCUT2D eigenvalue weighted by atomic mass is 16.6. The second-order valence-corrected chi connectivity index (χ2v) is 12.5. The molecule has 0 saturated carbocycles. The van der Waals surface area contributed by atoms with Crippen molar-refractivity contribution in [3.8, 4) is 17.2 Å². The molecule has 12 nitrogen and oxygen atoms in total. The number of hydrogen-bond donors (Lipinski definition) is 2. The smallest absolute Gasteiger partial charge is 0.287 e. The Morgan fingerprint density at radius 1 is 0.600 bits per heavy atom. The van der Waals surface area contributed by atoms with Gasteiger partial charge in [0.05, 0.1) is 4.92 Å². The molecule has 0 aliphatic carbocycles. The van der Waals surface area contributed by atoms with Gasteiger partial charge < -0.3 is 29.7 Å². The van der Waals surface area contributed by atoms with Gasteiger partial charge in [0.1, 0.15) is 49.1 Å². The Balaban J connectivity index is 1.31. The molecule has 0 atom stereocenters. The molecule has 4 aromatic rings. The quantitative estimate of drug-likeness (QED) is 0.233. The fraction of sp³-hybridized carbons (Fsp3) is 0.395. The van der Waals surface area contributed by atoms with Crippen molar-refractivity contribution in [1.29, 1.82) is 0 Å². The first-order valence-corrected chi connectivity index (χ1v) is 17.5. The number of hydrogen-bond acceptors (Lipinski definition) is 11. The van der Waals surface area contributed by atoms with Crippen LogP contribution in [-0.4, -0.2) is 98.4 Å². The number of pyridine rings is 1. The Morgan fingerprint density at radius 2 is 1.10 bits per heavy atom. The van der Waals surface area contributed by atoms with Crippen molar-refractivity contribution in [2.45, 2.75) is 19.6 Å². The molecule has 1 aromatic heterocycles. The molecular formula is C38H47N7O5. The third-order valence-electron chi connectivity index (χ3n) is 9.07. The fourth-order valence-corrected chi connectivity index (χ4v) is 6.22. The van der Waals surface area contributed by atoms with Gasteiger partial charge in [0.15, 0.2) is 0 Å². The van der Waals surface area contributed by atoms with E-state index in [0.717, 1.165) is 66.7 Å². The third-order valence-corrected chi connectivity index (χ3v) is 9.07.